The van der Waals surface area contributed by atoms with Gasteiger partial charge < -0.3 is 5.11 Å². The van der Waals surface area contributed by atoms with Gasteiger partial charge in [-0.25, -0.2) is 0 Å². The van der Waals surface area contributed by atoms with E-state index in [0.29, 0.717) is 0 Å². The number of aryl methyl sites for hydroxylation is 1. The second-order valence-corrected chi connectivity index (χ2v) is 6.84. The lowest BCUT2D eigenvalue weighted by atomic mass is 9.98. The molecule has 3 rings (SSSR count). The highest BCUT2D eigenvalue weighted by Gasteiger charge is 2.15. The summed E-state index contributed by atoms with van der Waals surface area (Å²) in [6.07, 6.45) is -0.652. The van der Waals surface area contributed by atoms with Crippen LogP contribution in [0.3, 0.4) is 0 Å². The fraction of sp³-hybridized carbons (Fsp3) is 0.111. The maximum atomic E-state index is 10.7. The molecular formula is C18H14Br2O. The average Bonchev–Trinajstić information content (AvgIpc) is 2.50. The van der Waals surface area contributed by atoms with Gasteiger partial charge in [-0.1, -0.05) is 68.3 Å². The minimum atomic E-state index is -0.652. The SMILES string of the molecule is Cc1cc(Br)c(C(O)c2ccc3ccccc3c2)cc1Br. The van der Waals surface area contributed by atoms with Crippen molar-refractivity contribution in [3.8, 4) is 0 Å². The molecule has 0 aliphatic carbocycles. The first-order chi connectivity index (χ1) is 10.1. The van der Waals surface area contributed by atoms with Crippen LogP contribution in [0.25, 0.3) is 10.8 Å². The van der Waals surface area contributed by atoms with Gasteiger partial charge in [0, 0.05) is 14.5 Å². The molecule has 1 N–H and O–H groups in total. The third-order valence-corrected chi connectivity index (χ3v) is 5.20. The van der Waals surface area contributed by atoms with E-state index in [1.807, 2.05) is 49.4 Å². The minimum absolute atomic E-state index is 0.652. The van der Waals surface area contributed by atoms with E-state index in [-0.39, 0.29) is 0 Å². The minimum Gasteiger partial charge on any atom is -0.384 e. The summed E-state index contributed by atoms with van der Waals surface area (Å²) in [5.74, 6) is 0. The molecule has 1 unspecified atom stereocenters. The molecule has 1 nitrogen and oxygen atoms in total. The molecule has 0 saturated carbocycles. The standard InChI is InChI=1S/C18H14Br2O/c1-11-8-17(20)15(10-16(11)19)18(21)14-7-6-12-4-2-3-5-13(12)9-14/h2-10,18,21H,1H3. The van der Waals surface area contributed by atoms with Crippen molar-refractivity contribution in [2.75, 3.05) is 0 Å². The van der Waals surface area contributed by atoms with Crippen LogP contribution in [0.15, 0.2) is 63.5 Å². The van der Waals surface area contributed by atoms with Gasteiger partial charge in [-0.2, -0.15) is 0 Å². The second kappa shape index (κ2) is 5.91. The largest absolute Gasteiger partial charge is 0.384 e. The molecule has 0 amide bonds. The summed E-state index contributed by atoms with van der Waals surface area (Å²) in [4.78, 5) is 0. The number of benzene rings is 3. The smallest absolute Gasteiger partial charge is 0.105 e. The lowest BCUT2D eigenvalue weighted by Crippen LogP contribution is -2.01. The van der Waals surface area contributed by atoms with Crippen molar-refractivity contribution in [2.45, 2.75) is 13.0 Å². The van der Waals surface area contributed by atoms with E-state index in [0.717, 1.165) is 31.0 Å². The van der Waals surface area contributed by atoms with Crippen LogP contribution in [0.5, 0.6) is 0 Å². The predicted molar refractivity (Wildman–Crippen MR) is 94.6 cm³/mol. The molecule has 0 spiro atoms. The molecule has 0 aliphatic heterocycles. The van der Waals surface area contributed by atoms with Crippen molar-refractivity contribution in [1.29, 1.82) is 0 Å². The molecule has 21 heavy (non-hydrogen) atoms. The quantitative estimate of drug-likeness (QED) is 0.574. The van der Waals surface area contributed by atoms with E-state index in [4.69, 9.17) is 0 Å². The predicted octanol–water partition coefficient (Wildman–Crippen LogP) is 5.75. The Balaban J connectivity index is 2.07. The first-order valence-corrected chi connectivity index (χ1v) is 8.27. The number of aliphatic hydroxyl groups excluding tert-OH is 1. The highest BCUT2D eigenvalue weighted by Crippen LogP contribution is 2.33. The lowest BCUT2D eigenvalue weighted by Gasteiger charge is -2.15. The third-order valence-electron chi connectivity index (χ3n) is 3.66. The van der Waals surface area contributed by atoms with Crippen LogP contribution >= 0.6 is 31.9 Å². The zero-order chi connectivity index (χ0) is 15.0. The number of halogens is 2. The van der Waals surface area contributed by atoms with Crippen LogP contribution < -0.4 is 0 Å². The number of hydrogen-bond acceptors (Lipinski definition) is 1. The Labute approximate surface area is 140 Å². The molecule has 3 aromatic rings. The van der Waals surface area contributed by atoms with Crippen LogP contribution in [-0.4, -0.2) is 5.11 Å². The lowest BCUT2D eigenvalue weighted by molar-refractivity contribution is 0.219. The molecular weight excluding hydrogens is 392 g/mol. The Hall–Kier alpha value is -1.16. The molecule has 0 aromatic heterocycles. The number of hydrogen-bond donors (Lipinski definition) is 1. The van der Waals surface area contributed by atoms with Crippen molar-refractivity contribution in [3.63, 3.8) is 0 Å². The summed E-state index contributed by atoms with van der Waals surface area (Å²) in [5, 5.41) is 13.0. The maximum absolute atomic E-state index is 10.7. The van der Waals surface area contributed by atoms with E-state index in [9.17, 15) is 5.11 Å². The van der Waals surface area contributed by atoms with Crippen LogP contribution in [0, 0.1) is 6.92 Å². The third kappa shape index (κ3) is 2.91. The zero-order valence-electron chi connectivity index (χ0n) is 11.5. The van der Waals surface area contributed by atoms with Gasteiger partial charge in [0.2, 0.25) is 0 Å². The molecule has 106 valence electrons. The summed E-state index contributed by atoms with van der Waals surface area (Å²) >= 11 is 7.08. The van der Waals surface area contributed by atoms with Crippen LogP contribution in [-0.2, 0) is 0 Å². The van der Waals surface area contributed by atoms with Gasteiger partial charge in [-0.15, -0.1) is 0 Å². The topological polar surface area (TPSA) is 20.2 Å². The fourth-order valence-corrected chi connectivity index (χ4v) is 3.46. The number of fused-ring (bicyclic) bond motifs is 1. The van der Waals surface area contributed by atoms with Crippen molar-refractivity contribution < 1.29 is 5.11 Å². The van der Waals surface area contributed by atoms with Crippen molar-refractivity contribution in [3.05, 3.63) is 80.2 Å². The van der Waals surface area contributed by atoms with E-state index in [2.05, 4.69) is 44.0 Å². The molecule has 3 aromatic carbocycles. The Morgan fingerprint density at radius 2 is 1.57 bits per heavy atom. The molecule has 0 saturated heterocycles. The van der Waals surface area contributed by atoms with Gasteiger partial charge in [0.1, 0.15) is 6.10 Å². The van der Waals surface area contributed by atoms with Crippen LogP contribution in [0.1, 0.15) is 22.8 Å². The van der Waals surface area contributed by atoms with Crippen LogP contribution in [0.2, 0.25) is 0 Å². The molecule has 1 atom stereocenters. The van der Waals surface area contributed by atoms with E-state index in [1.165, 1.54) is 5.39 Å². The summed E-state index contributed by atoms with van der Waals surface area (Å²) in [6.45, 7) is 2.03. The second-order valence-electron chi connectivity index (χ2n) is 5.13. The first kappa shape index (κ1) is 14.8. The summed E-state index contributed by atoms with van der Waals surface area (Å²) < 4.78 is 1.92. The highest BCUT2D eigenvalue weighted by molar-refractivity contribution is 9.11. The monoisotopic (exact) mass is 404 g/mol. The summed E-state index contributed by atoms with van der Waals surface area (Å²) in [7, 11) is 0. The molecule has 0 heterocycles. The number of rotatable bonds is 2. The van der Waals surface area contributed by atoms with Gasteiger partial charge in [0.25, 0.3) is 0 Å². The Bertz CT molecular complexity index is 811. The van der Waals surface area contributed by atoms with Gasteiger partial charge in [0.15, 0.2) is 0 Å². The van der Waals surface area contributed by atoms with Crippen molar-refractivity contribution in [1.82, 2.24) is 0 Å². The highest BCUT2D eigenvalue weighted by atomic mass is 79.9. The molecule has 0 aliphatic rings. The van der Waals surface area contributed by atoms with Gasteiger partial charge >= 0.3 is 0 Å². The normalized spacial score (nSPS) is 12.6. The van der Waals surface area contributed by atoms with Crippen molar-refractivity contribution in [2.24, 2.45) is 0 Å². The first-order valence-electron chi connectivity index (χ1n) is 6.68. The maximum Gasteiger partial charge on any atom is 0.105 e. The Kier molecular flexibility index (Phi) is 4.16. The van der Waals surface area contributed by atoms with Crippen molar-refractivity contribution >= 4 is 42.6 Å². The summed E-state index contributed by atoms with van der Waals surface area (Å²) in [6, 6.07) is 18.2. The van der Waals surface area contributed by atoms with Gasteiger partial charge in [0.05, 0.1) is 0 Å². The van der Waals surface area contributed by atoms with E-state index >= 15 is 0 Å². The Morgan fingerprint density at radius 3 is 2.33 bits per heavy atom. The molecule has 0 fully saturated rings. The van der Waals surface area contributed by atoms with E-state index < -0.39 is 6.10 Å². The van der Waals surface area contributed by atoms with E-state index in [1.54, 1.807) is 0 Å². The molecule has 0 radical (unpaired) electrons. The zero-order valence-corrected chi connectivity index (χ0v) is 14.6. The van der Waals surface area contributed by atoms with Crippen LogP contribution in [0.4, 0.5) is 0 Å². The average molecular weight is 406 g/mol. The van der Waals surface area contributed by atoms with Gasteiger partial charge in [-0.05, 0) is 47.0 Å². The fourth-order valence-electron chi connectivity index (χ4n) is 2.43. The molecule has 3 heteroatoms. The Morgan fingerprint density at radius 1 is 0.857 bits per heavy atom. The summed E-state index contributed by atoms with van der Waals surface area (Å²) in [5.41, 5.74) is 2.89. The van der Waals surface area contributed by atoms with Gasteiger partial charge in [-0.3, -0.25) is 0 Å². The molecule has 0 bridgehead atoms. The number of aliphatic hydroxyl groups is 1.